The highest BCUT2D eigenvalue weighted by molar-refractivity contribution is 5.80. The van der Waals surface area contributed by atoms with Crippen molar-refractivity contribution in [3.8, 4) is 5.75 Å². The summed E-state index contributed by atoms with van der Waals surface area (Å²) in [6.07, 6.45) is 6.30. The number of anilines is 1. The average Bonchev–Trinajstić information content (AvgIpc) is 3.33. The van der Waals surface area contributed by atoms with Crippen LogP contribution in [0.4, 0.5) is 14.5 Å². The molecule has 3 rings (SSSR count). The lowest BCUT2D eigenvalue weighted by Crippen LogP contribution is -2.45. The van der Waals surface area contributed by atoms with Gasteiger partial charge in [0.25, 0.3) is 0 Å². The number of halogens is 2. The number of hydrogen-bond acceptors (Lipinski definition) is 4. The second-order valence-corrected chi connectivity index (χ2v) is 6.22. The van der Waals surface area contributed by atoms with Gasteiger partial charge < -0.3 is 24.8 Å². The molecule has 1 saturated heterocycles. The maximum absolute atomic E-state index is 12.6. The van der Waals surface area contributed by atoms with Gasteiger partial charge in [0.05, 0.1) is 12.0 Å². The first-order valence-corrected chi connectivity index (χ1v) is 8.87. The summed E-state index contributed by atoms with van der Waals surface area (Å²) in [6, 6.07) is 7.06. The zero-order valence-corrected chi connectivity index (χ0v) is 15.2. The van der Waals surface area contributed by atoms with Crippen LogP contribution in [-0.2, 0) is 6.54 Å². The summed E-state index contributed by atoms with van der Waals surface area (Å²) < 4.78 is 31.9. The largest absolute Gasteiger partial charge is 0.433 e. The van der Waals surface area contributed by atoms with E-state index in [0.29, 0.717) is 12.2 Å². The van der Waals surface area contributed by atoms with Crippen molar-refractivity contribution in [2.75, 3.05) is 31.6 Å². The summed E-state index contributed by atoms with van der Waals surface area (Å²) >= 11 is 0. The fourth-order valence-corrected chi connectivity index (χ4v) is 3.12. The van der Waals surface area contributed by atoms with Crippen LogP contribution < -0.4 is 20.3 Å². The number of benzene rings is 1. The van der Waals surface area contributed by atoms with Gasteiger partial charge in [-0.25, -0.2) is 4.98 Å². The second kappa shape index (κ2) is 9.20. The van der Waals surface area contributed by atoms with Crippen LogP contribution in [-0.4, -0.2) is 54.8 Å². The number of aromatic nitrogens is 2. The Morgan fingerprint density at radius 1 is 1.41 bits per heavy atom. The minimum atomic E-state index is -2.83. The van der Waals surface area contributed by atoms with E-state index in [1.807, 2.05) is 21.7 Å². The summed E-state index contributed by atoms with van der Waals surface area (Å²) in [4.78, 5) is 10.3. The number of ether oxygens (including phenoxy) is 1. The molecular weight excluding hydrogens is 354 g/mol. The van der Waals surface area contributed by atoms with Gasteiger partial charge in [-0.15, -0.1) is 0 Å². The molecule has 1 aromatic heterocycles. The molecule has 1 aliphatic heterocycles. The number of para-hydroxylation sites is 2. The molecule has 2 heterocycles. The molecule has 1 unspecified atom stereocenters. The Bertz CT molecular complexity index is 737. The number of imidazole rings is 1. The molecule has 1 aliphatic rings. The third kappa shape index (κ3) is 5.32. The van der Waals surface area contributed by atoms with E-state index in [1.165, 1.54) is 0 Å². The molecule has 9 heteroatoms. The van der Waals surface area contributed by atoms with Gasteiger partial charge in [-0.2, -0.15) is 8.78 Å². The predicted octanol–water partition coefficient (Wildman–Crippen LogP) is 1.93. The Labute approximate surface area is 157 Å². The molecule has 1 atom stereocenters. The van der Waals surface area contributed by atoms with E-state index in [9.17, 15) is 8.78 Å². The first-order chi connectivity index (χ1) is 13.2. The van der Waals surface area contributed by atoms with E-state index >= 15 is 0 Å². The van der Waals surface area contributed by atoms with Crippen LogP contribution in [0.15, 0.2) is 48.0 Å². The Hall–Kier alpha value is -2.84. The van der Waals surface area contributed by atoms with Gasteiger partial charge in [0.15, 0.2) is 5.96 Å². The van der Waals surface area contributed by atoms with Crippen molar-refractivity contribution >= 4 is 11.6 Å². The van der Waals surface area contributed by atoms with Crippen LogP contribution in [0.3, 0.4) is 0 Å². The van der Waals surface area contributed by atoms with Crippen LogP contribution in [0.2, 0.25) is 0 Å². The molecule has 0 aliphatic carbocycles. The maximum atomic E-state index is 12.6. The van der Waals surface area contributed by atoms with Crippen molar-refractivity contribution in [3.05, 3.63) is 43.0 Å². The number of rotatable bonds is 7. The highest BCUT2D eigenvalue weighted by atomic mass is 19.3. The zero-order chi connectivity index (χ0) is 19.1. The monoisotopic (exact) mass is 378 g/mol. The van der Waals surface area contributed by atoms with Crippen LogP contribution in [0, 0.1) is 0 Å². The first kappa shape index (κ1) is 18.9. The normalized spacial score (nSPS) is 17.4. The third-order valence-corrected chi connectivity index (χ3v) is 4.40. The highest BCUT2D eigenvalue weighted by Crippen LogP contribution is 2.31. The topological polar surface area (TPSA) is 66.7 Å². The summed E-state index contributed by atoms with van der Waals surface area (Å²) in [5, 5.41) is 6.66. The predicted molar refractivity (Wildman–Crippen MR) is 100 cm³/mol. The fourth-order valence-electron chi connectivity index (χ4n) is 3.12. The average molecular weight is 378 g/mol. The van der Waals surface area contributed by atoms with Gasteiger partial charge in [0, 0.05) is 51.7 Å². The lowest BCUT2D eigenvalue weighted by molar-refractivity contribution is -0.0495. The van der Waals surface area contributed by atoms with Gasteiger partial charge in [-0.1, -0.05) is 12.1 Å². The Morgan fingerprint density at radius 3 is 3.00 bits per heavy atom. The summed E-state index contributed by atoms with van der Waals surface area (Å²) in [7, 11) is 1.73. The smallest absolute Gasteiger partial charge is 0.387 e. The molecule has 146 valence electrons. The number of hydrogen-bond donors (Lipinski definition) is 2. The number of nitrogens with zero attached hydrogens (tertiary/aromatic N) is 4. The first-order valence-electron chi connectivity index (χ1n) is 8.87. The van der Waals surface area contributed by atoms with Crippen molar-refractivity contribution in [2.24, 2.45) is 4.99 Å². The van der Waals surface area contributed by atoms with Crippen molar-refractivity contribution in [1.82, 2.24) is 20.2 Å². The van der Waals surface area contributed by atoms with Gasteiger partial charge in [-0.05, 0) is 18.6 Å². The fraction of sp³-hybridized carbons (Fsp3) is 0.444. The SMILES string of the molecule is CN=C(NCCn1ccnc1)NC1CCN(c2ccccc2OC(F)F)C1. The summed E-state index contributed by atoms with van der Waals surface area (Å²) in [5.74, 6) is 0.926. The zero-order valence-electron chi connectivity index (χ0n) is 15.2. The van der Waals surface area contributed by atoms with E-state index in [1.54, 1.807) is 37.8 Å². The third-order valence-electron chi connectivity index (χ3n) is 4.40. The standard InChI is InChI=1S/C18H24F2N6O/c1-21-18(23-8-11-25-10-7-22-13-25)24-14-6-9-26(12-14)15-4-2-3-5-16(15)27-17(19)20/h2-5,7,10,13-14,17H,6,8-9,11-12H2,1H3,(H2,21,23,24). The lowest BCUT2D eigenvalue weighted by atomic mass is 10.2. The van der Waals surface area contributed by atoms with E-state index in [4.69, 9.17) is 0 Å². The molecule has 0 bridgehead atoms. The molecule has 1 aromatic carbocycles. The van der Waals surface area contributed by atoms with Crippen LogP contribution in [0.5, 0.6) is 5.75 Å². The van der Waals surface area contributed by atoms with E-state index in [0.717, 1.165) is 32.0 Å². The van der Waals surface area contributed by atoms with Crippen LogP contribution in [0.1, 0.15) is 6.42 Å². The quantitative estimate of drug-likeness (QED) is 0.569. The summed E-state index contributed by atoms with van der Waals surface area (Å²) in [5.41, 5.74) is 0.685. The van der Waals surface area contributed by atoms with Crippen molar-refractivity contribution in [2.45, 2.75) is 25.6 Å². The molecule has 2 N–H and O–H groups in total. The number of nitrogens with one attached hydrogen (secondary N) is 2. The Morgan fingerprint density at radius 2 is 2.26 bits per heavy atom. The molecular formula is C18H24F2N6O. The molecule has 7 nitrogen and oxygen atoms in total. The number of aliphatic imine (C=N–C) groups is 1. The summed E-state index contributed by atoms with van der Waals surface area (Å²) in [6.45, 7) is 0.119. The minimum Gasteiger partial charge on any atom is -0.433 e. The number of alkyl halides is 2. The van der Waals surface area contributed by atoms with Crippen molar-refractivity contribution in [3.63, 3.8) is 0 Å². The van der Waals surface area contributed by atoms with Gasteiger partial charge in [-0.3, -0.25) is 4.99 Å². The van der Waals surface area contributed by atoms with Gasteiger partial charge in [0.2, 0.25) is 0 Å². The molecule has 2 aromatic rings. The highest BCUT2D eigenvalue weighted by Gasteiger charge is 2.25. The molecule has 0 radical (unpaired) electrons. The lowest BCUT2D eigenvalue weighted by Gasteiger charge is -2.22. The molecule has 0 spiro atoms. The Kier molecular flexibility index (Phi) is 6.45. The van der Waals surface area contributed by atoms with Crippen LogP contribution in [0.25, 0.3) is 0 Å². The van der Waals surface area contributed by atoms with Crippen molar-refractivity contribution in [1.29, 1.82) is 0 Å². The van der Waals surface area contributed by atoms with E-state index < -0.39 is 6.61 Å². The van der Waals surface area contributed by atoms with Crippen molar-refractivity contribution < 1.29 is 13.5 Å². The van der Waals surface area contributed by atoms with E-state index in [2.05, 4.69) is 25.3 Å². The second-order valence-electron chi connectivity index (χ2n) is 6.22. The molecule has 1 fully saturated rings. The van der Waals surface area contributed by atoms with E-state index in [-0.39, 0.29) is 11.8 Å². The molecule has 27 heavy (non-hydrogen) atoms. The molecule has 0 amide bonds. The maximum Gasteiger partial charge on any atom is 0.387 e. The van der Waals surface area contributed by atoms with Gasteiger partial charge >= 0.3 is 6.61 Å². The minimum absolute atomic E-state index is 0.170. The Balaban J connectivity index is 1.51. The number of guanidine groups is 1. The van der Waals surface area contributed by atoms with Gasteiger partial charge in [0.1, 0.15) is 5.75 Å². The van der Waals surface area contributed by atoms with Crippen LogP contribution >= 0.6 is 0 Å². The molecule has 0 saturated carbocycles.